The molecule has 0 bridgehead atoms. The van der Waals surface area contributed by atoms with Crippen LogP contribution in [-0.2, 0) is 16.1 Å². The van der Waals surface area contributed by atoms with Crippen LogP contribution >= 0.6 is 0 Å². The van der Waals surface area contributed by atoms with Gasteiger partial charge >= 0.3 is 6.09 Å². The van der Waals surface area contributed by atoms with Gasteiger partial charge in [0, 0.05) is 25.7 Å². The Morgan fingerprint density at radius 3 is 2.61 bits per heavy atom. The first-order chi connectivity index (χ1) is 13.3. The highest BCUT2D eigenvalue weighted by atomic mass is 16.6. The molecule has 0 N–H and O–H groups in total. The van der Waals surface area contributed by atoms with Crippen molar-refractivity contribution in [3.63, 3.8) is 0 Å². The van der Waals surface area contributed by atoms with Gasteiger partial charge in [-0.05, 0) is 58.1 Å². The number of carbonyl (C=O) groups is 2. The Bertz CT molecular complexity index is 774. The fraction of sp³-hybridized carbons (Fsp3) is 0.591. The zero-order valence-corrected chi connectivity index (χ0v) is 17.0. The molecule has 2 fully saturated rings. The second-order valence-electron chi connectivity index (χ2n) is 8.73. The van der Waals surface area contributed by atoms with Gasteiger partial charge in [0.25, 0.3) is 0 Å². The van der Waals surface area contributed by atoms with E-state index in [0.717, 1.165) is 31.2 Å². The lowest BCUT2D eigenvalue weighted by Crippen LogP contribution is -2.48. The van der Waals surface area contributed by atoms with Crippen molar-refractivity contribution < 1.29 is 14.3 Å². The fourth-order valence-electron chi connectivity index (χ4n) is 3.63. The zero-order valence-electron chi connectivity index (χ0n) is 17.0. The van der Waals surface area contributed by atoms with E-state index >= 15 is 0 Å². The molecule has 0 spiro atoms. The predicted octanol–water partition coefficient (Wildman–Crippen LogP) is 3.70. The number of rotatable bonds is 4. The maximum atomic E-state index is 13.3. The molecule has 3 rings (SSSR count). The third-order valence-electron chi connectivity index (χ3n) is 5.17. The Kier molecular flexibility index (Phi) is 5.93. The van der Waals surface area contributed by atoms with Crippen molar-refractivity contribution in [2.75, 3.05) is 13.1 Å². The van der Waals surface area contributed by atoms with Crippen molar-refractivity contribution in [1.29, 1.82) is 5.26 Å². The van der Waals surface area contributed by atoms with Crippen LogP contribution in [0.1, 0.15) is 57.6 Å². The van der Waals surface area contributed by atoms with Crippen LogP contribution < -0.4 is 0 Å². The molecule has 1 aromatic rings. The highest BCUT2D eigenvalue weighted by Gasteiger charge is 2.38. The van der Waals surface area contributed by atoms with Crippen molar-refractivity contribution in [3.8, 4) is 6.07 Å². The molecule has 1 aromatic carbocycles. The van der Waals surface area contributed by atoms with E-state index in [1.54, 1.807) is 11.0 Å². The molecule has 28 heavy (non-hydrogen) atoms. The van der Waals surface area contributed by atoms with Crippen LogP contribution in [0.2, 0.25) is 0 Å². The number of ether oxygens (including phenoxy) is 1. The summed E-state index contributed by atoms with van der Waals surface area (Å²) >= 11 is 0. The van der Waals surface area contributed by atoms with E-state index in [1.807, 2.05) is 43.9 Å². The molecule has 0 aromatic heterocycles. The Morgan fingerprint density at radius 2 is 1.96 bits per heavy atom. The molecule has 150 valence electrons. The largest absolute Gasteiger partial charge is 0.444 e. The topological polar surface area (TPSA) is 73.6 Å². The minimum Gasteiger partial charge on any atom is -0.444 e. The van der Waals surface area contributed by atoms with Crippen molar-refractivity contribution in [3.05, 3.63) is 35.4 Å². The van der Waals surface area contributed by atoms with Gasteiger partial charge in [-0.25, -0.2) is 4.79 Å². The molecule has 0 unspecified atom stereocenters. The number of amides is 2. The zero-order chi connectivity index (χ0) is 20.3. The summed E-state index contributed by atoms with van der Waals surface area (Å²) in [5, 5.41) is 9.35. The van der Waals surface area contributed by atoms with Crippen molar-refractivity contribution in [1.82, 2.24) is 9.80 Å². The summed E-state index contributed by atoms with van der Waals surface area (Å²) < 4.78 is 5.48. The molecular weight excluding hydrogens is 354 g/mol. The summed E-state index contributed by atoms with van der Waals surface area (Å²) in [6.07, 6.45) is 3.23. The molecule has 1 saturated carbocycles. The number of benzene rings is 1. The van der Waals surface area contributed by atoms with Gasteiger partial charge in [0.1, 0.15) is 5.60 Å². The van der Waals surface area contributed by atoms with Gasteiger partial charge in [-0.2, -0.15) is 5.26 Å². The van der Waals surface area contributed by atoms with Gasteiger partial charge in [-0.15, -0.1) is 0 Å². The van der Waals surface area contributed by atoms with Crippen LogP contribution in [0.5, 0.6) is 0 Å². The van der Waals surface area contributed by atoms with Crippen molar-refractivity contribution in [2.45, 2.75) is 64.6 Å². The molecule has 2 aliphatic rings. The van der Waals surface area contributed by atoms with Gasteiger partial charge in [0.05, 0.1) is 17.6 Å². The predicted molar refractivity (Wildman–Crippen MR) is 105 cm³/mol. The number of hydrogen-bond donors (Lipinski definition) is 0. The number of likely N-dealkylation sites (tertiary alicyclic amines) is 1. The lowest BCUT2D eigenvalue weighted by Gasteiger charge is -2.36. The Hall–Kier alpha value is -2.55. The number of piperidine rings is 1. The van der Waals surface area contributed by atoms with Gasteiger partial charge < -0.3 is 14.5 Å². The first kappa shape index (κ1) is 20.2. The standard InChI is InChI=1S/C22H29N3O3/c1-22(2,3)28-21(27)24-12-6-9-18(14-24)20(26)25(19-10-11-19)15-17-8-5-4-7-16(17)13-23/h4-5,7-8,18-19H,6,9-12,14-15H2,1-3H3/t18-/m0/s1. The van der Waals surface area contributed by atoms with Gasteiger partial charge in [-0.1, -0.05) is 18.2 Å². The number of nitrogens with zero attached hydrogens (tertiary/aromatic N) is 3. The van der Waals surface area contributed by atoms with E-state index in [4.69, 9.17) is 4.74 Å². The Morgan fingerprint density at radius 1 is 1.25 bits per heavy atom. The minimum atomic E-state index is -0.547. The monoisotopic (exact) mass is 383 g/mol. The van der Waals surface area contributed by atoms with Crippen molar-refractivity contribution in [2.24, 2.45) is 5.92 Å². The SMILES string of the molecule is CC(C)(C)OC(=O)N1CCC[C@H](C(=O)N(Cc2ccccc2C#N)C2CC2)C1. The minimum absolute atomic E-state index is 0.0866. The van der Waals surface area contributed by atoms with Crippen LogP contribution in [0.3, 0.4) is 0 Å². The summed E-state index contributed by atoms with van der Waals surface area (Å²) in [6.45, 7) is 7.02. The normalized spacial score (nSPS) is 19.6. The van der Waals surface area contributed by atoms with Gasteiger partial charge in [-0.3, -0.25) is 4.79 Å². The molecule has 1 saturated heterocycles. The van der Waals surface area contributed by atoms with E-state index in [2.05, 4.69) is 6.07 Å². The summed E-state index contributed by atoms with van der Waals surface area (Å²) in [7, 11) is 0. The van der Waals surface area contributed by atoms with Crippen molar-refractivity contribution >= 4 is 12.0 Å². The maximum Gasteiger partial charge on any atom is 0.410 e. The molecule has 1 aliphatic heterocycles. The van der Waals surface area contributed by atoms with Gasteiger partial charge in [0.15, 0.2) is 0 Å². The first-order valence-corrected chi connectivity index (χ1v) is 10.0. The lowest BCUT2D eigenvalue weighted by atomic mass is 9.96. The summed E-state index contributed by atoms with van der Waals surface area (Å²) in [6, 6.07) is 9.90. The molecule has 1 aliphatic carbocycles. The molecule has 1 atom stereocenters. The second kappa shape index (κ2) is 8.22. The maximum absolute atomic E-state index is 13.3. The average Bonchev–Trinajstić information content (AvgIpc) is 3.49. The summed E-state index contributed by atoms with van der Waals surface area (Å²) in [5.74, 6) is -0.125. The molecule has 0 radical (unpaired) electrons. The molecule has 1 heterocycles. The molecule has 2 amide bonds. The first-order valence-electron chi connectivity index (χ1n) is 10.0. The smallest absolute Gasteiger partial charge is 0.410 e. The van der Waals surface area contributed by atoms with Crippen LogP contribution in [-0.4, -0.2) is 46.5 Å². The highest BCUT2D eigenvalue weighted by Crippen LogP contribution is 2.32. The Balaban J connectivity index is 1.69. The van der Waals surface area contributed by atoms with E-state index in [1.165, 1.54) is 0 Å². The second-order valence-corrected chi connectivity index (χ2v) is 8.73. The van der Waals surface area contributed by atoms with Crippen LogP contribution in [0.4, 0.5) is 4.79 Å². The number of nitriles is 1. The van der Waals surface area contributed by atoms with E-state index in [-0.39, 0.29) is 24.0 Å². The molecular formula is C22H29N3O3. The Labute approximate surface area is 167 Å². The van der Waals surface area contributed by atoms with Gasteiger partial charge in [0.2, 0.25) is 5.91 Å². The summed E-state index contributed by atoms with van der Waals surface area (Å²) in [4.78, 5) is 29.3. The quantitative estimate of drug-likeness (QED) is 0.795. The average molecular weight is 383 g/mol. The summed E-state index contributed by atoms with van der Waals surface area (Å²) in [5.41, 5.74) is 0.944. The fourth-order valence-corrected chi connectivity index (χ4v) is 3.63. The van der Waals surface area contributed by atoms with Crippen LogP contribution in [0, 0.1) is 17.2 Å². The third-order valence-corrected chi connectivity index (χ3v) is 5.17. The third kappa shape index (κ3) is 5.03. The lowest BCUT2D eigenvalue weighted by molar-refractivity contribution is -0.138. The van der Waals surface area contributed by atoms with E-state index in [0.29, 0.717) is 25.2 Å². The number of carbonyl (C=O) groups excluding carboxylic acids is 2. The highest BCUT2D eigenvalue weighted by molar-refractivity contribution is 5.81. The molecule has 6 heteroatoms. The van der Waals surface area contributed by atoms with E-state index in [9.17, 15) is 14.9 Å². The van der Waals surface area contributed by atoms with Crippen LogP contribution in [0.15, 0.2) is 24.3 Å². The number of hydrogen-bond acceptors (Lipinski definition) is 4. The molecule has 6 nitrogen and oxygen atoms in total. The van der Waals surface area contributed by atoms with E-state index < -0.39 is 5.60 Å². The van der Waals surface area contributed by atoms with Crippen LogP contribution in [0.25, 0.3) is 0 Å².